The van der Waals surface area contributed by atoms with Gasteiger partial charge >= 0.3 is 21.1 Å². The first-order chi connectivity index (χ1) is 41.0. The smallest absolute Gasteiger partial charge is 0.405 e. The molecule has 86 heavy (non-hydrogen) atoms. The molecular formula is C76H74B3ClO6. The maximum Gasteiger partial charge on any atom is 0.494 e. The van der Waals surface area contributed by atoms with E-state index in [4.69, 9.17) is 39.5 Å². The van der Waals surface area contributed by atoms with E-state index in [1.54, 1.807) is 0 Å². The molecule has 5 aliphatic rings. The maximum atomic E-state index is 6.56. The first-order valence-corrected chi connectivity index (χ1v) is 30.7. The Morgan fingerprint density at radius 2 is 0.605 bits per heavy atom. The van der Waals surface area contributed by atoms with Gasteiger partial charge in [0.1, 0.15) is 0 Å². The van der Waals surface area contributed by atoms with E-state index in [9.17, 15) is 0 Å². The van der Waals surface area contributed by atoms with Crippen molar-refractivity contribution in [2.24, 2.45) is 0 Å². The Balaban J connectivity index is 0.000000127. The van der Waals surface area contributed by atoms with Crippen LogP contribution in [0.25, 0.3) is 43.8 Å². The molecule has 2 aliphatic carbocycles. The lowest BCUT2D eigenvalue weighted by atomic mass is 9.49. The van der Waals surface area contributed by atoms with E-state index in [0.717, 1.165) is 10.5 Å². The van der Waals surface area contributed by atoms with Crippen molar-refractivity contribution in [3.8, 4) is 22.3 Å². The van der Waals surface area contributed by atoms with Gasteiger partial charge in [0, 0.05) is 5.02 Å². The van der Waals surface area contributed by atoms with Crippen molar-refractivity contribution in [1.29, 1.82) is 0 Å². The Kier molecular flexibility index (Phi) is 14.2. The summed E-state index contributed by atoms with van der Waals surface area (Å²) in [6.07, 6.45) is 0. The fraction of sp³-hybridized carbons (Fsp3) is 0.263. The Morgan fingerprint density at radius 1 is 0.267 bits per heavy atom. The molecule has 0 N–H and O–H groups in total. The summed E-state index contributed by atoms with van der Waals surface area (Å²) in [5, 5.41) is 5.76. The molecule has 3 saturated heterocycles. The van der Waals surface area contributed by atoms with Crippen molar-refractivity contribution in [3.05, 3.63) is 280 Å². The lowest BCUT2D eigenvalue weighted by molar-refractivity contribution is 0.00578. The zero-order chi connectivity index (χ0) is 60.2. The third-order valence-electron chi connectivity index (χ3n) is 20.1. The summed E-state index contributed by atoms with van der Waals surface area (Å²) in [4.78, 5) is 0. The van der Waals surface area contributed by atoms with Crippen molar-refractivity contribution in [3.63, 3.8) is 0 Å². The van der Waals surface area contributed by atoms with Crippen molar-refractivity contribution >= 4 is 59.7 Å². The number of hydrogen-bond acceptors (Lipinski definition) is 6. The predicted molar refractivity (Wildman–Crippen MR) is 355 cm³/mol. The van der Waals surface area contributed by atoms with Crippen LogP contribution in [-0.2, 0) is 38.8 Å². The quantitative estimate of drug-likeness (QED) is 0.155. The van der Waals surface area contributed by atoms with Gasteiger partial charge in [0.2, 0.25) is 0 Å². The van der Waals surface area contributed by atoms with Crippen molar-refractivity contribution in [2.75, 3.05) is 0 Å². The second kappa shape index (κ2) is 21.1. The fourth-order valence-electron chi connectivity index (χ4n) is 13.5. The first-order valence-electron chi connectivity index (χ1n) is 30.3. The zero-order valence-electron chi connectivity index (χ0n) is 51.5. The largest absolute Gasteiger partial charge is 0.494 e. The molecule has 3 fully saturated rings. The van der Waals surface area contributed by atoms with Crippen LogP contribution < -0.4 is 5.46 Å². The Bertz CT molecular complexity index is 4140. The van der Waals surface area contributed by atoms with Crippen LogP contribution in [-0.4, -0.2) is 54.7 Å². The summed E-state index contributed by atoms with van der Waals surface area (Å²) < 4.78 is 36.9. The van der Waals surface area contributed by atoms with Gasteiger partial charge in [-0.2, -0.15) is 0 Å². The van der Waals surface area contributed by atoms with Crippen molar-refractivity contribution in [1.82, 2.24) is 0 Å². The standard InChI is InChI=1S/C35H31BO2.C29H19Cl.C12H24B2O4/c1-33(2)34(3,4)38-36(37-33)28-20-21-30-29-16-10-11-17-31(29)35(32(30)23-28,26-14-6-5-7-15-26)27-19-18-24-12-8-9-13-25(24)22-27;30-24-16-17-26-25-12-6-7-13-27(25)29(28(26)19-24,22-10-2-1-3-11-22)23-15-14-20-8-4-5-9-21(20)18-23;1-9(2)10(3,4)16-13(15-9)14-17-11(5,6)12(7,8)18-14/h5-23H,1-4H3;1-19H;1-8H3. The van der Waals surface area contributed by atoms with Gasteiger partial charge in [0.05, 0.1) is 44.4 Å². The summed E-state index contributed by atoms with van der Waals surface area (Å²) in [6.45, 7) is 24.7. The van der Waals surface area contributed by atoms with E-state index in [1.165, 1.54) is 88.3 Å². The van der Waals surface area contributed by atoms with Crippen LogP contribution in [0.4, 0.5) is 0 Å². The molecule has 6 nitrogen and oxygen atoms in total. The zero-order valence-corrected chi connectivity index (χ0v) is 52.3. The van der Waals surface area contributed by atoms with Gasteiger partial charge < -0.3 is 27.9 Å². The first kappa shape index (κ1) is 58.0. The van der Waals surface area contributed by atoms with Gasteiger partial charge in [0.25, 0.3) is 0 Å². The molecule has 3 aliphatic heterocycles. The molecule has 430 valence electrons. The highest BCUT2D eigenvalue weighted by Gasteiger charge is 2.64. The average Bonchev–Trinajstić information content (AvgIpc) is 1.55. The molecule has 0 spiro atoms. The molecule has 2 atom stereocenters. The molecular weight excluding hydrogens is 1080 g/mol. The lowest BCUT2D eigenvalue weighted by Crippen LogP contribution is -2.41. The van der Waals surface area contributed by atoms with Crippen LogP contribution in [0.2, 0.25) is 5.02 Å². The maximum absolute atomic E-state index is 6.56. The summed E-state index contributed by atoms with van der Waals surface area (Å²) in [6, 6.07) is 83.4. The Morgan fingerprint density at radius 3 is 1.03 bits per heavy atom. The number of rotatable bonds is 6. The summed E-state index contributed by atoms with van der Waals surface area (Å²) >= 11 is 6.56. The molecule has 10 aromatic rings. The van der Waals surface area contributed by atoms with Gasteiger partial charge in [-0.1, -0.05) is 218 Å². The number of hydrogen-bond donors (Lipinski definition) is 0. The minimum Gasteiger partial charge on any atom is -0.405 e. The van der Waals surface area contributed by atoms with E-state index >= 15 is 0 Å². The van der Waals surface area contributed by atoms with E-state index in [1.807, 2.05) is 61.5 Å². The van der Waals surface area contributed by atoms with Gasteiger partial charge in [-0.15, -0.1) is 0 Å². The van der Waals surface area contributed by atoms with Crippen LogP contribution in [0, 0.1) is 0 Å². The molecule has 0 saturated carbocycles. The van der Waals surface area contributed by atoms with E-state index in [2.05, 4.69) is 252 Å². The molecule has 10 aromatic carbocycles. The van der Waals surface area contributed by atoms with Gasteiger partial charge in [-0.25, -0.2) is 0 Å². The summed E-state index contributed by atoms with van der Waals surface area (Å²) in [7, 11) is -1.37. The molecule has 0 amide bonds. The summed E-state index contributed by atoms with van der Waals surface area (Å²) in [5.41, 5.74) is 13.2. The van der Waals surface area contributed by atoms with Crippen molar-refractivity contribution < 1.29 is 27.9 Å². The molecule has 0 radical (unpaired) electrons. The second-order valence-electron chi connectivity index (χ2n) is 26.8. The van der Waals surface area contributed by atoms with Crippen LogP contribution in [0.1, 0.15) is 128 Å². The highest BCUT2D eigenvalue weighted by molar-refractivity contribution is 7.11. The molecule has 0 aromatic heterocycles. The van der Waals surface area contributed by atoms with Gasteiger partial charge in [0.15, 0.2) is 0 Å². The van der Waals surface area contributed by atoms with Crippen LogP contribution in [0.3, 0.4) is 0 Å². The van der Waals surface area contributed by atoms with E-state index in [-0.39, 0.29) is 22.4 Å². The fourth-order valence-corrected chi connectivity index (χ4v) is 13.6. The number of fused-ring (bicyclic) bond motifs is 8. The normalized spacial score (nSPS) is 21.8. The Hall–Kier alpha value is -7.04. The van der Waals surface area contributed by atoms with E-state index < -0.39 is 43.2 Å². The van der Waals surface area contributed by atoms with Crippen LogP contribution in [0.5, 0.6) is 0 Å². The SMILES string of the molecule is CC1(C)OB(B2OC(C)(C)C(C)(C)O2)OC1(C)C.CC1(C)OB(c2ccc3c(c2)C(c2ccccc2)(c2ccc4ccccc4c2)c2ccccc2-3)OC1(C)C.Clc1ccc2c(c1)C(c1ccccc1)(c1ccc3ccccc3c1)c1ccccc1-2. The predicted octanol–water partition coefficient (Wildman–Crippen LogP) is 17.6. The highest BCUT2D eigenvalue weighted by Crippen LogP contribution is 2.58. The van der Waals surface area contributed by atoms with Gasteiger partial charge in [-0.05, 0) is 201 Å². The second-order valence-corrected chi connectivity index (χ2v) is 27.2. The minimum atomic E-state index is -0.476. The number of halogens is 1. The molecule has 2 unspecified atom stereocenters. The monoisotopic (exact) mass is 1150 g/mol. The molecule has 15 rings (SSSR count). The molecule has 0 bridgehead atoms. The summed E-state index contributed by atoms with van der Waals surface area (Å²) in [5.74, 6) is 0. The van der Waals surface area contributed by atoms with E-state index in [0.29, 0.717) is 0 Å². The highest BCUT2D eigenvalue weighted by atomic mass is 35.5. The molecule has 10 heteroatoms. The third-order valence-corrected chi connectivity index (χ3v) is 20.4. The molecule has 3 heterocycles. The minimum absolute atomic E-state index is 0.360. The number of benzene rings is 10. The van der Waals surface area contributed by atoms with Crippen LogP contribution in [0.15, 0.2) is 231 Å². The topological polar surface area (TPSA) is 55.4 Å². The van der Waals surface area contributed by atoms with Crippen LogP contribution >= 0.6 is 11.6 Å². The lowest BCUT2D eigenvalue weighted by Gasteiger charge is -2.34. The van der Waals surface area contributed by atoms with Crippen molar-refractivity contribution in [2.45, 2.75) is 128 Å². The third kappa shape index (κ3) is 9.35. The average molecular weight is 1150 g/mol. The van der Waals surface area contributed by atoms with Gasteiger partial charge in [-0.3, -0.25) is 0 Å². The Labute approximate surface area is 514 Å².